The Morgan fingerprint density at radius 3 is 2.42 bits per heavy atom. The van der Waals surface area contributed by atoms with Gasteiger partial charge in [-0.05, 0) is 60.5 Å². The van der Waals surface area contributed by atoms with Gasteiger partial charge in [-0.2, -0.15) is 0 Å². The van der Waals surface area contributed by atoms with Gasteiger partial charge in [0, 0.05) is 24.0 Å². The Morgan fingerprint density at radius 2 is 1.87 bits per heavy atom. The summed E-state index contributed by atoms with van der Waals surface area (Å²) in [6, 6.07) is 0. The quantitative estimate of drug-likeness (QED) is 0.246. The monoisotopic (exact) mass is 430 g/mol. The summed E-state index contributed by atoms with van der Waals surface area (Å²) in [5.74, 6) is -1.80. The van der Waals surface area contributed by atoms with Crippen molar-refractivity contribution >= 4 is 17.7 Å². The standard InChI is InChI=1S/C25H34O6/c1-9-16(6)24(28)29-19(11-10-14(2)3)17(7)18-13-20-25(8,31-20)23(27)22(18)30-21(26)12-15(4)5/h9-10,12,18-20,22H,7,11,13H2,1-6,8H3/b16-9-/t18-,19-,20-,22-,25-/m0/s1. The first-order valence-electron chi connectivity index (χ1n) is 10.6. The number of Topliss-reactive ketones (excluding diaryl/α,β-unsaturated/α-hetero) is 1. The summed E-state index contributed by atoms with van der Waals surface area (Å²) in [5, 5.41) is 0. The molecule has 1 saturated heterocycles. The van der Waals surface area contributed by atoms with Crippen LogP contribution in [0.5, 0.6) is 0 Å². The SMILES string of the molecule is C=C([C@H](CC=C(C)C)OC(=O)/C(C)=C\C)[C@@H]1C[C@@H]2O[C@]2(C)C(=O)[C@H]1OC(=O)C=C(C)C. The fourth-order valence-electron chi connectivity index (χ4n) is 3.64. The number of esters is 2. The van der Waals surface area contributed by atoms with Gasteiger partial charge in [0.05, 0.1) is 6.10 Å². The van der Waals surface area contributed by atoms with Gasteiger partial charge in [-0.1, -0.05) is 29.9 Å². The van der Waals surface area contributed by atoms with Gasteiger partial charge in [0.1, 0.15) is 6.10 Å². The third kappa shape index (κ3) is 5.82. The molecular formula is C25H34O6. The highest BCUT2D eigenvalue weighted by Crippen LogP contribution is 2.50. The van der Waals surface area contributed by atoms with E-state index in [9.17, 15) is 14.4 Å². The Morgan fingerprint density at radius 1 is 1.23 bits per heavy atom. The van der Waals surface area contributed by atoms with Gasteiger partial charge in [-0.25, -0.2) is 9.59 Å². The third-order valence-electron chi connectivity index (χ3n) is 5.81. The van der Waals surface area contributed by atoms with Gasteiger partial charge >= 0.3 is 11.9 Å². The first-order chi connectivity index (χ1) is 14.4. The van der Waals surface area contributed by atoms with E-state index in [-0.39, 0.29) is 11.9 Å². The molecule has 170 valence electrons. The number of ketones is 1. The second-order valence-corrected chi connectivity index (χ2v) is 8.96. The first kappa shape index (κ1) is 24.8. The van der Waals surface area contributed by atoms with Crippen LogP contribution in [0.1, 0.15) is 61.3 Å². The normalized spacial score (nSPS) is 28.0. The lowest BCUT2D eigenvalue weighted by atomic mass is 9.74. The number of allylic oxidation sites excluding steroid dienone is 3. The molecule has 1 saturated carbocycles. The van der Waals surface area contributed by atoms with Gasteiger partial charge in [0.15, 0.2) is 11.7 Å². The lowest BCUT2D eigenvalue weighted by molar-refractivity contribution is -0.157. The fourth-order valence-corrected chi connectivity index (χ4v) is 3.64. The molecule has 0 bridgehead atoms. The van der Waals surface area contributed by atoms with E-state index in [1.165, 1.54) is 6.08 Å². The van der Waals surface area contributed by atoms with Crippen LogP contribution in [0.3, 0.4) is 0 Å². The molecule has 5 atom stereocenters. The molecule has 0 unspecified atom stereocenters. The molecule has 2 fully saturated rings. The fraction of sp³-hybridized carbons (Fsp3) is 0.560. The van der Waals surface area contributed by atoms with Gasteiger partial charge < -0.3 is 14.2 Å². The van der Waals surface area contributed by atoms with Crippen molar-refractivity contribution in [1.82, 2.24) is 0 Å². The Kier molecular flexibility index (Phi) is 7.82. The van der Waals surface area contributed by atoms with Crippen molar-refractivity contribution in [1.29, 1.82) is 0 Å². The molecule has 0 aromatic carbocycles. The minimum atomic E-state index is -1.03. The summed E-state index contributed by atoms with van der Waals surface area (Å²) in [6.07, 6.45) is 3.95. The molecule has 6 heteroatoms. The summed E-state index contributed by atoms with van der Waals surface area (Å²) in [6.45, 7) is 16.8. The van der Waals surface area contributed by atoms with E-state index < -0.39 is 35.7 Å². The molecule has 0 spiro atoms. The number of hydrogen-bond acceptors (Lipinski definition) is 6. The number of ether oxygens (including phenoxy) is 3. The Hall–Kier alpha value is -2.47. The summed E-state index contributed by atoms with van der Waals surface area (Å²) < 4.78 is 17.0. The Balaban J connectivity index is 2.33. The average molecular weight is 431 g/mol. The first-order valence-corrected chi connectivity index (χ1v) is 10.6. The van der Waals surface area contributed by atoms with Crippen LogP contribution < -0.4 is 0 Å². The van der Waals surface area contributed by atoms with Crippen LogP contribution in [0.4, 0.5) is 0 Å². The topological polar surface area (TPSA) is 82.2 Å². The van der Waals surface area contributed by atoms with Crippen molar-refractivity contribution in [2.75, 3.05) is 0 Å². The largest absolute Gasteiger partial charge is 0.454 e. The maximum atomic E-state index is 13.1. The van der Waals surface area contributed by atoms with Crippen LogP contribution in [0, 0.1) is 5.92 Å². The lowest BCUT2D eigenvalue weighted by Crippen LogP contribution is -2.48. The predicted molar refractivity (Wildman–Crippen MR) is 118 cm³/mol. The Bertz CT molecular complexity index is 853. The zero-order chi connectivity index (χ0) is 23.5. The molecule has 0 aromatic heterocycles. The minimum absolute atomic E-state index is 0.253. The molecule has 1 aliphatic carbocycles. The summed E-state index contributed by atoms with van der Waals surface area (Å²) in [4.78, 5) is 37.9. The highest BCUT2D eigenvalue weighted by atomic mass is 16.6. The molecule has 2 rings (SSSR count). The molecular weight excluding hydrogens is 396 g/mol. The maximum Gasteiger partial charge on any atom is 0.333 e. The van der Waals surface area contributed by atoms with E-state index >= 15 is 0 Å². The number of hydrogen-bond donors (Lipinski definition) is 0. The van der Waals surface area contributed by atoms with E-state index in [0.29, 0.717) is 24.0 Å². The van der Waals surface area contributed by atoms with E-state index in [1.807, 2.05) is 19.9 Å². The van der Waals surface area contributed by atoms with Crippen molar-refractivity contribution in [3.63, 3.8) is 0 Å². The summed E-state index contributed by atoms with van der Waals surface area (Å²) in [5.41, 5.74) is 1.95. The smallest absolute Gasteiger partial charge is 0.333 e. The molecule has 6 nitrogen and oxygen atoms in total. The van der Waals surface area contributed by atoms with Crippen molar-refractivity contribution in [2.45, 2.75) is 85.2 Å². The molecule has 31 heavy (non-hydrogen) atoms. The van der Waals surface area contributed by atoms with Crippen LogP contribution >= 0.6 is 0 Å². The zero-order valence-electron chi connectivity index (χ0n) is 19.6. The number of fused-ring (bicyclic) bond motifs is 1. The van der Waals surface area contributed by atoms with E-state index in [4.69, 9.17) is 14.2 Å². The molecule has 1 heterocycles. The van der Waals surface area contributed by atoms with E-state index in [0.717, 1.165) is 11.1 Å². The van der Waals surface area contributed by atoms with Crippen LogP contribution in [0.15, 0.2) is 47.1 Å². The average Bonchev–Trinajstić information content (AvgIpc) is 3.36. The number of rotatable bonds is 8. The van der Waals surface area contributed by atoms with Crippen LogP contribution in [-0.2, 0) is 28.6 Å². The molecule has 0 radical (unpaired) electrons. The van der Waals surface area contributed by atoms with Gasteiger partial charge in [-0.15, -0.1) is 0 Å². The maximum absolute atomic E-state index is 13.1. The highest BCUT2D eigenvalue weighted by Gasteiger charge is 2.66. The van der Waals surface area contributed by atoms with E-state index in [2.05, 4.69) is 6.58 Å². The summed E-state index contributed by atoms with van der Waals surface area (Å²) >= 11 is 0. The van der Waals surface area contributed by atoms with Crippen molar-refractivity contribution in [3.05, 3.63) is 47.1 Å². The number of epoxide rings is 1. The van der Waals surface area contributed by atoms with Crippen molar-refractivity contribution in [3.8, 4) is 0 Å². The molecule has 0 aromatic rings. The minimum Gasteiger partial charge on any atom is -0.454 e. The molecule has 1 aliphatic heterocycles. The van der Waals surface area contributed by atoms with Gasteiger partial charge in [0.25, 0.3) is 0 Å². The third-order valence-corrected chi connectivity index (χ3v) is 5.81. The number of carbonyl (C=O) groups excluding carboxylic acids is 3. The van der Waals surface area contributed by atoms with Gasteiger partial charge in [-0.3, -0.25) is 4.79 Å². The number of carbonyl (C=O) groups is 3. The van der Waals surface area contributed by atoms with Crippen LogP contribution in [0.2, 0.25) is 0 Å². The lowest BCUT2D eigenvalue weighted by Gasteiger charge is -2.34. The summed E-state index contributed by atoms with van der Waals surface area (Å²) in [7, 11) is 0. The van der Waals surface area contributed by atoms with Crippen LogP contribution in [-0.4, -0.2) is 41.6 Å². The van der Waals surface area contributed by atoms with Crippen molar-refractivity contribution in [2.24, 2.45) is 5.92 Å². The Labute approximate surface area is 185 Å². The highest BCUT2D eigenvalue weighted by molar-refractivity contribution is 5.97. The molecule has 0 N–H and O–H groups in total. The van der Waals surface area contributed by atoms with Crippen LogP contribution in [0.25, 0.3) is 0 Å². The predicted octanol–water partition coefficient (Wildman–Crippen LogP) is 4.40. The zero-order valence-corrected chi connectivity index (χ0v) is 19.6. The van der Waals surface area contributed by atoms with Gasteiger partial charge in [0.2, 0.25) is 5.78 Å². The van der Waals surface area contributed by atoms with E-state index in [1.54, 1.807) is 40.7 Å². The second-order valence-electron chi connectivity index (χ2n) is 8.96. The second kappa shape index (κ2) is 9.77. The molecule has 2 aliphatic rings. The molecule has 0 amide bonds. The van der Waals surface area contributed by atoms with Crippen molar-refractivity contribution < 1.29 is 28.6 Å².